The zero-order valence-electron chi connectivity index (χ0n) is 12.5. The fraction of sp³-hybridized carbons (Fsp3) is 0.562. The molecular weight excluding hydrogens is 252 g/mol. The summed E-state index contributed by atoms with van der Waals surface area (Å²) in [4.78, 5) is 11.9. The third-order valence-electron chi connectivity index (χ3n) is 3.32. The standard InChI is InChI=1S/C16H24N2O2/c1-16(2,3)20-15(19)18-13-10-7-11-17-14(13)12-8-5-4-6-9-12/h4-6,8-9,13-14,17H,7,10-11H2,1-3H3,(H,18,19)/t13-,14-/m0/s1. The number of hydrogen-bond donors (Lipinski definition) is 2. The van der Waals surface area contributed by atoms with Gasteiger partial charge in [0.1, 0.15) is 5.60 Å². The number of rotatable bonds is 2. The maximum Gasteiger partial charge on any atom is 0.407 e. The van der Waals surface area contributed by atoms with Crippen molar-refractivity contribution in [3.8, 4) is 0 Å². The van der Waals surface area contributed by atoms with Gasteiger partial charge in [-0.2, -0.15) is 0 Å². The van der Waals surface area contributed by atoms with Gasteiger partial charge in [0.25, 0.3) is 0 Å². The topological polar surface area (TPSA) is 50.4 Å². The second-order valence-electron chi connectivity index (χ2n) is 6.24. The van der Waals surface area contributed by atoms with Crippen LogP contribution in [0.25, 0.3) is 0 Å². The number of piperidine rings is 1. The Hall–Kier alpha value is -1.55. The molecule has 110 valence electrons. The first-order valence-corrected chi connectivity index (χ1v) is 7.23. The molecular formula is C16H24N2O2. The van der Waals surface area contributed by atoms with Gasteiger partial charge in [-0.15, -0.1) is 0 Å². The first kappa shape index (κ1) is 14.9. The smallest absolute Gasteiger partial charge is 0.407 e. The van der Waals surface area contributed by atoms with E-state index in [1.807, 2.05) is 39.0 Å². The van der Waals surface area contributed by atoms with Crippen LogP contribution >= 0.6 is 0 Å². The Morgan fingerprint density at radius 1 is 1.30 bits per heavy atom. The lowest BCUT2D eigenvalue weighted by Gasteiger charge is -2.34. The van der Waals surface area contributed by atoms with E-state index in [2.05, 4.69) is 22.8 Å². The normalized spacial score (nSPS) is 23.1. The van der Waals surface area contributed by atoms with Crippen LogP contribution < -0.4 is 10.6 Å². The highest BCUT2D eigenvalue weighted by Crippen LogP contribution is 2.23. The van der Waals surface area contributed by atoms with Crippen LogP contribution in [0, 0.1) is 0 Å². The second kappa shape index (κ2) is 6.27. The molecule has 1 aliphatic rings. The number of nitrogens with one attached hydrogen (secondary N) is 2. The van der Waals surface area contributed by atoms with E-state index in [1.165, 1.54) is 5.56 Å². The Balaban J connectivity index is 2.03. The molecule has 0 bridgehead atoms. The van der Waals surface area contributed by atoms with E-state index in [9.17, 15) is 4.79 Å². The van der Waals surface area contributed by atoms with Crippen molar-refractivity contribution in [2.45, 2.75) is 51.3 Å². The predicted octanol–water partition coefficient (Wildman–Crippen LogP) is 3.00. The Morgan fingerprint density at radius 2 is 2.00 bits per heavy atom. The van der Waals surface area contributed by atoms with Gasteiger partial charge in [-0.3, -0.25) is 0 Å². The lowest BCUT2D eigenvalue weighted by molar-refractivity contribution is 0.0481. The molecule has 4 nitrogen and oxygen atoms in total. The molecule has 2 atom stereocenters. The summed E-state index contributed by atoms with van der Waals surface area (Å²) in [5.41, 5.74) is 0.738. The molecule has 0 aromatic heterocycles. The van der Waals surface area contributed by atoms with Crippen molar-refractivity contribution in [2.75, 3.05) is 6.54 Å². The lowest BCUT2D eigenvalue weighted by atomic mass is 9.92. The molecule has 0 spiro atoms. The number of hydrogen-bond acceptors (Lipinski definition) is 3. The quantitative estimate of drug-likeness (QED) is 0.873. The molecule has 1 aromatic rings. The minimum absolute atomic E-state index is 0.0704. The predicted molar refractivity (Wildman–Crippen MR) is 79.6 cm³/mol. The van der Waals surface area contributed by atoms with Crippen LogP contribution in [0.3, 0.4) is 0 Å². The second-order valence-corrected chi connectivity index (χ2v) is 6.24. The molecule has 2 rings (SSSR count). The molecule has 0 aliphatic carbocycles. The van der Waals surface area contributed by atoms with Gasteiger partial charge in [0, 0.05) is 0 Å². The molecule has 0 saturated carbocycles. The van der Waals surface area contributed by atoms with E-state index < -0.39 is 5.60 Å². The summed E-state index contributed by atoms with van der Waals surface area (Å²) in [7, 11) is 0. The summed E-state index contributed by atoms with van der Waals surface area (Å²) in [6.07, 6.45) is 1.68. The van der Waals surface area contributed by atoms with Crippen molar-refractivity contribution in [2.24, 2.45) is 0 Å². The van der Waals surface area contributed by atoms with E-state index in [1.54, 1.807) is 0 Å². The highest BCUT2D eigenvalue weighted by molar-refractivity contribution is 5.68. The number of benzene rings is 1. The van der Waals surface area contributed by atoms with Crippen LogP contribution in [-0.4, -0.2) is 24.3 Å². The van der Waals surface area contributed by atoms with Crippen molar-refractivity contribution in [1.82, 2.24) is 10.6 Å². The van der Waals surface area contributed by atoms with Crippen LogP contribution in [-0.2, 0) is 4.74 Å². The fourth-order valence-electron chi connectivity index (χ4n) is 2.51. The Labute approximate surface area is 120 Å². The molecule has 2 N–H and O–H groups in total. The molecule has 1 fully saturated rings. The minimum atomic E-state index is -0.464. The minimum Gasteiger partial charge on any atom is -0.444 e. The number of carbonyl (C=O) groups excluding carboxylic acids is 1. The van der Waals surface area contributed by atoms with Crippen molar-refractivity contribution in [3.63, 3.8) is 0 Å². The van der Waals surface area contributed by atoms with Crippen molar-refractivity contribution < 1.29 is 9.53 Å². The number of alkyl carbamates (subject to hydrolysis) is 1. The zero-order valence-corrected chi connectivity index (χ0v) is 12.5. The molecule has 20 heavy (non-hydrogen) atoms. The monoisotopic (exact) mass is 276 g/mol. The molecule has 0 radical (unpaired) electrons. The van der Waals surface area contributed by atoms with Crippen molar-refractivity contribution in [1.29, 1.82) is 0 Å². The number of ether oxygens (including phenoxy) is 1. The summed E-state index contributed by atoms with van der Waals surface area (Å²) in [5.74, 6) is 0. The zero-order chi connectivity index (χ0) is 14.6. The summed E-state index contributed by atoms with van der Waals surface area (Å²) < 4.78 is 5.35. The molecule has 1 aromatic carbocycles. The van der Waals surface area contributed by atoms with E-state index in [0.717, 1.165) is 19.4 Å². The van der Waals surface area contributed by atoms with Gasteiger partial charge in [0.05, 0.1) is 12.1 Å². The molecule has 4 heteroatoms. The summed E-state index contributed by atoms with van der Waals surface area (Å²) in [6, 6.07) is 10.5. The van der Waals surface area contributed by atoms with E-state index >= 15 is 0 Å². The van der Waals surface area contributed by atoms with Gasteiger partial charge >= 0.3 is 6.09 Å². The first-order valence-electron chi connectivity index (χ1n) is 7.23. The molecule has 1 heterocycles. The Kier molecular flexibility index (Phi) is 4.65. The Morgan fingerprint density at radius 3 is 2.65 bits per heavy atom. The van der Waals surface area contributed by atoms with Gasteiger partial charge in [-0.1, -0.05) is 30.3 Å². The maximum absolute atomic E-state index is 11.9. The fourth-order valence-corrected chi connectivity index (χ4v) is 2.51. The average molecular weight is 276 g/mol. The van der Waals surface area contributed by atoms with Crippen LogP contribution in [0.1, 0.15) is 45.2 Å². The summed E-state index contributed by atoms with van der Waals surface area (Å²) in [5, 5.41) is 6.48. The van der Waals surface area contributed by atoms with Crippen LogP contribution in [0.15, 0.2) is 30.3 Å². The van der Waals surface area contributed by atoms with Gasteiger partial charge < -0.3 is 15.4 Å². The third-order valence-corrected chi connectivity index (χ3v) is 3.32. The number of carbonyl (C=O) groups is 1. The molecule has 1 aliphatic heterocycles. The van der Waals surface area contributed by atoms with Crippen molar-refractivity contribution >= 4 is 6.09 Å². The van der Waals surface area contributed by atoms with Crippen LogP contribution in [0.5, 0.6) is 0 Å². The van der Waals surface area contributed by atoms with E-state index in [0.29, 0.717) is 0 Å². The summed E-state index contributed by atoms with van der Waals surface area (Å²) >= 11 is 0. The van der Waals surface area contributed by atoms with Gasteiger partial charge in [0.15, 0.2) is 0 Å². The first-order chi connectivity index (χ1) is 9.46. The van der Waals surface area contributed by atoms with Gasteiger partial charge in [0.2, 0.25) is 0 Å². The average Bonchev–Trinajstić information content (AvgIpc) is 2.38. The molecule has 1 amide bonds. The van der Waals surface area contributed by atoms with Gasteiger partial charge in [-0.25, -0.2) is 4.79 Å². The van der Waals surface area contributed by atoms with Crippen molar-refractivity contribution in [3.05, 3.63) is 35.9 Å². The lowest BCUT2D eigenvalue weighted by Crippen LogP contribution is -2.49. The summed E-state index contributed by atoms with van der Waals surface area (Å²) in [6.45, 7) is 6.60. The SMILES string of the molecule is CC(C)(C)OC(=O)N[C@H]1CCCN[C@H]1c1ccccc1. The molecule has 1 saturated heterocycles. The Bertz CT molecular complexity index is 440. The van der Waals surface area contributed by atoms with E-state index in [-0.39, 0.29) is 18.2 Å². The number of amides is 1. The largest absolute Gasteiger partial charge is 0.444 e. The highest BCUT2D eigenvalue weighted by Gasteiger charge is 2.28. The third kappa shape index (κ3) is 4.23. The maximum atomic E-state index is 11.9. The molecule has 0 unspecified atom stereocenters. The van der Waals surface area contributed by atoms with Crippen LogP contribution in [0.2, 0.25) is 0 Å². The highest BCUT2D eigenvalue weighted by atomic mass is 16.6. The van der Waals surface area contributed by atoms with Crippen LogP contribution in [0.4, 0.5) is 4.79 Å². The van der Waals surface area contributed by atoms with E-state index in [4.69, 9.17) is 4.74 Å². The van der Waals surface area contributed by atoms with Gasteiger partial charge in [-0.05, 0) is 45.7 Å².